The van der Waals surface area contributed by atoms with Crippen LogP contribution in [0.3, 0.4) is 0 Å². The van der Waals surface area contributed by atoms with Gasteiger partial charge in [-0.15, -0.1) is 0 Å². The number of ether oxygens (including phenoxy) is 3. The van der Waals surface area contributed by atoms with Crippen LogP contribution in [0.25, 0.3) is 11.0 Å². The van der Waals surface area contributed by atoms with Gasteiger partial charge in [0.1, 0.15) is 5.58 Å². The van der Waals surface area contributed by atoms with E-state index in [0.29, 0.717) is 39.5 Å². The highest BCUT2D eigenvalue weighted by molar-refractivity contribution is 6.10. The Morgan fingerprint density at radius 3 is 2.09 bits per heavy atom. The van der Waals surface area contributed by atoms with E-state index in [-0.39, 0.29) is 16.8 Å². The number of fused-ring (bicyclic) bond motifs is 2. The van der Waals surface area contributed by atoms with Crippen LogP contribution >= 0.6 is 0 Å². The van der Waals surface area contributed by atoms with Crippen LogP contribution in [-0.2, 0) is 0 Å². The van der Waals surface area contributed by atoms with Crippen LogP contribution in [0.1, 0.15) is 27.7 Å². The van der Waals surface area contributed by atoms with Crippen molar-refractivity contribution in [1.82, 2.24) is 0 Å². The Balaban J connectivity index is 1.84. The molecule has 7 heteroatoms. The van der Waals surface area contributed by atoms with Crippen molar-refractivity contribution < 1.29 is 23.4 Å². The predicted molar refractivity (Wildman–Crippen MR) is 124 cm³/mol. The molecule has 0 bridgehead atoms. The lowest BCUT2D eigenvalue weighted by atomic mass is 9.97. The van der Waals surface area contributed by atoms with E-state index in [1.165, 1.54) is 21.3 Å². The molecular weight excluding hydrogens is 422 g/mol. The van der Waals surface area contributed by atoms with Gasteiger partial charge < -0.3 is 18.6 Å². The number of para-hydroxylation sites is 2. The maximum absolute atomic E-state index is 13.6. The molecule has 7 nitrogen and oxygen atoms in total. The van der Waals surface area contributed by atoms with E-state index in [1.54, 1.807) is 41.3 Å². The fraction of sp³-hybridized carbons (Fsp3) is 0.154. The largest absolute Gasteiger partial charge is 0.493 e. The first-order chi connectivity index (χ1) is 16.1. The molecule has 0 radical (unpaired) electrons. The average molecular weight is 443 g/mol. The van der Waals surface area contributed by atoms with Gasteiger partial charge in [0.15, 0.2) is 16.9 Å². The van der Waals surface area contributed by atoms with Crippen molar-refractivity contribution >= 4 is 22.6 Å². The maximum Gasteiger partial charge on any atom is 0.295 e. The molecule has 0 aliphatic carbocycles. The monoisotopic (exact) mass is 443 g/mol. The molecule has 0 N–H and O–H groups in total. The van der Waals surface area contributed by atoms with E-state index in [4.69, 9.17) is 18.6 Å². The maximum atomic E-state index is 13.6. The normalized spacial score (nSPS) is 14.9. The van der Waals surface area contributed by atoms with Gasteiger partial charge in [0, 0.05) is 5.69 Å². The van der Waals surface area contributed by atoms with Gasteiger partial charge in [-0.05, 0) is 42.0 Å². The molecule has 0 spiro atoms. The first-order valence-corrected chi connectivity index (χ1v) is 10.3. The van der Waals surface area contributed by atoms with E-state index in [0.717, 1.165) is 0 Å². The molecular formula is C26H21NO6. The fourth-order valence-corrected chi connectivity index (χ4v) is 4.35. The lowest BCUT2D eigenvalue weighted by Gasteiger charge is -2.26. The van der Waals surface area contributed by atoms with Crippen molar-refractivity contribution in [1.29, 1.82) is 0 Å². The molecule has 0 saturated heterocycles. The third-order valence-electron chi connectivity index (χ3n) is 5.81. The van der Waals surface area contributed by atoms with Crippen LogP contribution in [0.2, 0.25) is 0 Å². The van der Waals surface area contributed by atoms with Crippen LogP contribution in [0.4, 0.5) is 5.69 Å². The van der Waals surface area contributed by atoms with Gasteiger partial charge >= 0.3 is 0 Å². The standard InChI is InChI=1S/C26H21NO6/c1-30-19-13-15(14-20(31-2)24(19)32-3)22-21-23(28)17-11-7-8-12-18(17)33-25(21)26(29)27(22)16-9-5-4-6-10-16/h4-14,22H,1-3H3. The highest BCUT2D eigenvalue weighted by Crippen LogP contribution is 2.46. The Bertz CT molecular complexity index is 1400. The summed E-state index contributed by atoms with van der Waals surface area (Å²) in [5, 5.41) is 0.413. The van der Waals surface area contributed by atoms with E-state index < -0.39 is 11.9 Å². The summed E-state index contributed by atoms with van der Waals surface area (Å²) in [6, 6.07) is 18.8. The van der Waals surface area contributed by atoms with Gasteiger partial charge in [-0.25, -0.2) is 0 Å². The van der Waals surface area contributed by atoms with Crippen molar-refractivity contribution in [3.05, 3.63) is 93.8 Å². The quantitative estimate of drug-likeness (QED) is 0.450. The number of nitrogens with zero attached hydrogens (tertiary/aromatic N) is 1. The van der Waals surface area contributed by atoms with Gasteiger partial charge in [-0.3, -0.25) is 14.5 Å². The summed E-state index contributed by atoms with van der Waals surface area (Å²) in [6.07, 6.45) is 0. The van der Waals surface area contributed by atoms with Gasteiger partial charge in [0.2, 0.25) is 11.5 Å². The number of rotatable bonds is 5. The second-order valence-electron chi connectivity index (χ2n) is 7.54. The number of benzene rings is 3. The summed E-state index contributed by atoms with van der Waals surface area (Å²) in [4.78, 5) is 28.8. The van der Waals surface area contributed by atoms with E-state index >= 15 is 0 Å². The number of hydrogen-bond donors (Lipinski definition) is 0. The zero-order chi connectivity index (χ0) is 23.1. The van der Waals surface area contributed by atoms with Gasteiger partial charge in [0.25, 0.3) is 5.91 Å². The molecule has 3 aromatic carbocycles. The molecule has 1 atom stereocenters. The average Bonchev–Trinajstić information content (AvgIpc) is 3.16. The molecule has 1 aromatic heterocycles. The summed E-state index contributed by atoms with van der Waals surface area (Å²) in [5.41, 5.74) is 1.65. The molecule has 4 aromatic rings. The zero-order valence-corrected chi connectivity index (χ0v) is 18.3. The number of carbonyl (C=O) groups excluding carboxylic acids is 1. The van der Waals surface area contributed by atoms with E-state index in [2.05, 4.69) is 0 Å². The van der Waals surface area contributed by atoms with Crippen LogP contribution < -0.4 is 24.5 Å². The Kier molecular flexibility index (Phi) is 5.01. The van der Waals surface area contributed by atoms with Crippen molar-refractivity contribution in [2.75, 3.05) is 26.2 Å². The molecule has 0 saturated carbocycles. The zero-order valence-electron chi connectivity index (χ0n) is 18.3. The second kappa shape index (κ2) is 8.02. The van der Waals surface area contributed by atoms with Crippen LogP contribution in [0, 0.1) is 0 Å². The predicted octanol–water partition coefficient (Wildman–Crippen LogP) is 4.57. The summed E-state index contributed by atoms with van der Waals surface area (Å²) in [6.45, 7) is 0. The molecule has 1 aliphatic heterocycles. The molecule has 5 rings (SSSR count). The lowest BCUT2D eigenvalue weighted by Crippen LogP contribution is -2.29. The Hall–Kier alpha value is -4.26. The van der Waals surface area contributed by atoms with Crippen molar-refractivity contribution in [3.8, 4) is 17.2 Å². The fourth-order valence-electron chi connectivity index (χ4n) is 4.35. The molecule has 1 amide bonds. The Morgan fingerprint density at radius 2 is 1.45 bits per heavy atom. The number of methoxy groups -OCH3 is 3. The SMILES string of the molecule is COc1cc(C2c3c(oc4ccccc4c3=O)C(=O)N2c2ccccc2)cc(OC)c1OC. The number of carbonyl (C=O) groups is 1. The van der Waals surface area contributed by atoms with E-state index in [1.807, 2.05) is 30.3 Å². The van der Waals surface area contributed by atoms with Gasteiger partial charge in [0.05, 0.1) is 38.3 Å². The molecule has 2 heterocycles. The summed E-state index contributed by atoms with van der Waals surface area (Å²) in [7, 11) is 4.56. The number of anilines is 1. The minimum atomic E-state index is -0.746. The summed E-state index contributed by atoms with van der Waals surface area (Å²) >= 11 is 0. The third-order valence-corrected chi connectivity index (χ3v) is 5.81. The van der Waals surface area contributed by atoms with E-state index in [9.17, 15) is 9.59 Å². The van der Waals surface area contributed by atoms with Crippen LogP contribution in [0.5, 0.6) is 17.2 Å². The second-order valence-corrected chi connectivity index (χ2v) is 7.54. The van der Waals surface area contributed by atoms with Gasteiger partial charge in [-0.1, -0.05) is 30.3 Å². The molecule has 0 fully saturated rings. The lowest BCUT2D eigenvalue weighted by molar-refractivity contribution is 0.0971. The van der Waals surface area contributed by atoms with Crippen molar-refractivity contribution in [2.24, 2.45) is 0 Å². The Labute approximate surface area is 189 Å². The molecule has 33 heavy (non-hydrogen) atoms. The highest BCUT2D eigenvalue weighted by Gasteiger charge is 2.44. The van der Waals surface area contributed by atoms with Crippen LogP contribution in [0.15, 0.2) is 75.9 Å². The summed E-state index contributed by atoms with van der Waals surface area (Å²) in [5.74, 6) is 0.904. The van der Waals surface area contributed by atoms with Crippen molar-refractivity contribution in [3.63, 3.8) is 0 Å². The number of amides is 1. The summed E-state index contributed by atoms with van der Waals surface area (Å²) < 4.78 is 22.5. The molecule has 166 valence electrons. The first-order valence-electron chi connectivity index (χ1n) is 10.3. The highest BCUT2D eigenvalue weighted by atomic mass is 16.5. The minimum Gasteiger partial charge on any atom is -0.493 e. The van der Waals surface area contributed by atoms with Crippen molar-refractivity contribution in [2.45, 2.75) is 6.04 Å². The van der Waals surface area contributed by atoms with Gasteiger partial charge in [-0.2, -0.15) is 0 Å². The first kappa shape index (κ1) is 20.6. The molecule has 1 aliphatic rings. The Morgan fingerprint density at radius 1 is 0.818 bits per heavy atom. The third kappa shape index (κ3) is 3.12. The topological polar surface area (TPSA) is 78.2 Å². The molecule has 1 unspecified atom stereocenters. The van der Waals surface area contributed by atoms with Crippen LogP contribution in [-0.4, -0.2) is 27.2 Å². The smallest absolute Gasteiger partial charge is 0.295 e. The minimum absolute atomic E-state index is 0.0290. The number of hydrogen-bond acceptors (Lipinski definition) is 6.